The summed E-state index contributed by atoms with van der Waals surface area (Å²) in [7, 11) is 0. The van der Waals surface area contributed by atoms with E-state index < -0.39 is 30.5 Å². The molecule has 0 rings (SSSR count). The molecule has 0 unspecified atom stereocenters. The van der Waals surface area contributed by atoms with Crippen molar-refractivity contribution >= 4 is 37.8 Å². The lowest BCUT2D eigenvalue weighted by molar-refractivity contribution is -0.144. The first-order valence-electron chi connectivity index (χ1n) is 4.22. The zero-order valence-corrected chi connectivity index (χ0v) is 11.3. The van der Waals surface area contributed by atoms with Gasteiger partial charge in [-0.05, 0) is 6.92 Å². The number of nitrogens with one attached hydrogen (secondary N) is 1. The van der Waals surface area contributed by atoms with Gasteiger partial charge in [-0.15, -0.1) is 0 Å². The zero-order valence-electron chi connectivity index (χ0n) is 8.13. The summed E-state index contributed by atoms with van der Waals surface area (Å²) in [5.41, 5.74) is -0.553. The van der Waals surface area contributed by atoms with Crippen molar-refractivity contribution in [2.45, 2.75) is 31.5 Å². The van der Waals surface area contributed by atoms with Crippen molar-refractivity contribution in [1.82, 2.24) is 5.32 Å². The van der Waals surface area contributed by atoms with Gasteiger partial charge in [-0.2, -0.15) is 13.2 Å². The van der Waals surface area contributed by atoms with Crippen molar-refractivity contribution in [2.75, 3.05) is 10.7 Å². The number of rotatable bonds is 5. The van der Waals surface area contributed by atoms with Gasteiger partial charge in [0.05, 0.1) is 12.0 Å². The smallest absolute Gasteiger partial charge is 0.349 e. The lowest BCUT2D eigenvalue weighted by atomic mass is 10.1. The monoisotopic (exact) mass is 353 g/mol. The minimum Gasteiger partial charge on any atom is -0.349 e. The van der Waals surface area contributed by atoms with Crippen LogP contribution >= 0.6 is 31.9 Å². The van der Waals surface area contributed by atoms with E-state index >= 15 is 0 Å². The van der Waals surface area contributed by atoms with E-state index in [1.54, 1.807) is 6.92 Å². The van der Waals surface area contributed by atoms with Gasteiger partial charge in [-0.25, -0.2) is 0 Å². The molecular weight excluding hydrogens is 343 g/mol. The fraction of sp³-hybridized carbons (Fsp3) is 0.875. The summed E-state index contributed by atoms with van der Waals surface area (Å²) in [4.78, 5) is 11.2. The summed E-state index contributed by atoms with van der Waals surface area (Å²) in [6.07, 6.45) is -5.89. The van der Waals surface area contributed by atoms with Crippen LogP contribution in [0.15, 0.2) is 0 Å². The predicted octanol–water partition coefficient (Wildman–Crippen LogP) is 2.99. The Morgan fingerprint density at radius 1 is 1.27 bits per heavy atom. The van der Waals surface area contributed by atoms with E-state index in [0.29, 0.717) is 10.7 Å². The van der Waals surface area contributed by atoms with Crippen LogP contribution in [0.2, 0.25) is 0 Å². The number of halogens is 5. The number of amides is 1. The molecule has 0 spiro atoms. The molecule has 1 amide bonds. The maximum absolute atomic E-state index is 11.8. The Bertz CT molecular complexity index is 216. The van der Waals surface area contributed by atoms with Gasteiger partial charge >= 0.3 is 6.18 Å². The van der Waals surface area contributed by atoms with Gasteiger partial charge in [0.25, 0.3) is 0 Å². The highest BCUT2D eigenvalue weighted by Crippen LogP contribution is 2.21. The number of hydrogen-bond acceptors (Lipinski definition) is 1. The lowest BCUT2D eigenvalue weighted by Gasteiger charge is -2.26. The van der Waals surface area contributed by atoms with Crippen LogP contribution in [-0.2, 0) is 4.79 Å². The van der Waals surface area contributed by atoms with Gasteiger partial charge in [0.2, 0.25) is 5.91 Å². The summed E-state index contributed by atoms with van der Waals surface area (Å²) in [6, 6.07) is 0. The van der Waals surface area contributed by atoms with E-state index in [0.717, 1.165) is 0 Å². The van der Waals surface area contributed by atoms with Crippen molar-refractivity contribution in [2.24, 2.45) is 0 Å². The van der Waals surface area contributed by atoms with Gasteiger partial charge < -0.3 is 5.32 Å². The first-order valence-corrected chi connectivity index (χ1v) is 6.46. The van der Waals surface area contributed by atoms with Crippen LogP contribution in [0, 0.1) is 0 Å². The van der Waals surface area contributed by atoms with Crippen molar-refractivity contribution in [3.8, 4) is 0 Å². The summed E-state index contributed by atoms with van der Waals surface area (Å²) in [5.74, 6) is -0.589. The van der Waals surface area contributed by atoms with Crippen LogP contribution in [0.25, 0.3) is 0 Å². The molecule has 0 radical (unpaired) electrons. The zero-order chi connectivity index (χ0) is 12.1. The Morgan fingerprint density at radius 2 is 1.73 bits per heavy atom. The molecule has 0 aromatic heterocycles. The molecule has 0 bridgehead atoms. The maximum atomic E-state index is 11.8. The Morgan fingerprint density at radius 3 is 2.07 bits per heavy atom. The first-order chi connectivity index (χ1) is 6.72. The number of carbonyl (C=O) groups excluding carboxylic acids is 1. The molecule has 0 aliphatic rings. The van der Waals surface area contributed by atoms with Crippen molar-refractivity contribution < 1.29 is 18.0 Å². The van der Waals surface area contributed by atoms with Gasteiger partial charge in [0, 0.05) is 17.1 Å². The van der Waals surface area contributed by atoms with E-state index in [9.17, 15) is 18.0 Å². The van der Waals surface area contributed by atoms with E-state index in [2.05, 4.69) is 37.2 Å². The highest BCUT2D eigenvalue weighted by atomic mass is 79.9. The molecule has 0 aromatic carbocycles. The molecule has 0 aliphatic carbocycles. The molecule has 0 saturated heterocycles. The van der Waals surface area contributed by atoms with Crippen LogP contribution in [0.4, 0.5) is 13.2 Å². The van der Waals surface area contributed by atoms with Crippen LogP contribution in [0.3, 0.4) is 0 Å². The van der Waals surface area contributed by atoms with Crippen LogP contribution in [0.1, 0.15) is 19.8 Å². The topological polar surface area (TPSA) is 29.1 Å². The Balaban J connectivity index is 4.04. The lowest BCUT2D eigenvalue weighted by Crippen LogP contribution is -2.49. The molecule has 0 fully saturated rings. The average Bonchev–Trinajstić information content (AvgIpc) is 2.13. The second kappa shape index (κ2) is 6.08. The van der Waals surface area contributed by atoms with E-state index in [1.165, 1.54) is 0 Å². The molecule has 0 aliphatic heterocycles. The Labute approximate surface area is 103 Å². The van der Waals surface area contributed by atoms with Crippen LogP contribution in [-0.4, -0.2) is 28.3 Å². The normalized spacial score (nSPS) is 12.7. The summed E-state index contributed by atoms with van der Waals surface area (Å²) in [5, 5.41) is 3.48. The van der Waals surface area contributed by atoms with Crippen LogP contribution < -0.4 is 5.32 Å². The summed E-state index contributed by atoms with van der Waals surface area (Å²) in [6.45, 7) is 1.74. The second-order valence-electron chi connectivity index (χ2n) is 3.49. The molecular formula is C8H12Br2F3NO. The quantitative estimate of drug-likeness (QED) is 0.755. The van der Waals surface area contributed by atoms with E-state index in [-0.39, 0.29) is 0 Å². The highest BCUT2D eigenvalue weighted by molar-refractivity contribution is 9.09. The first kappa shape index (κ1) is 15.2. The molecule has 15 heavy (non-hydrogen) atoms. The molecule has 0 atom stereocenters. The third-order valence-corrected chi connectivity index (χ3v) is 4.14. The fourth-order valence-corrected chi connectivity index (χ4v) is 1.97. The Hall–Kier alpha value is 0.220. The van der Waals surface area contributed by atoms with E-state index in [4.69, 9.17) is 0 Å². The van der Waals surface area contributed by atoms with Crippen LogP contribution in [0.5, 0.6) is 0 Å². The number of alkyl halides is 5. The SMILES string of the molecule is CC(CBr)(CBr)NC(=O)CCC(F)(F)F. The molecule has 0 saturated carbocycles. The van der Waals surface area contributed by atoms with Gasteiger partial charge in [0.1, 0.15) is 0 Å². The molecule has 0 aromatic rings. The van der Waals surface area contributed by atoms with Crippen molar-refractivity contribution in [3.63, 3.8) is 0 Å². The minimum absolute atomic E-state index is 0.475. The summed E-state index contributed by atoms with van der Waals surface area (Å²) < 4.78 is 35.4. The molecule has 2 nitrogen and oxygen atoms in total. The van der Waals surface area contributed by atoms with Crippen molar-refractivity contribution in [3.05, 3.63) is 0 Å². The third-order valence-electron chi connectivity index (χ3n) is 1.67. The number of carbonyl (C=O) groups is 1. The fourth-order valence-electron chi connectivity index (χ4n) is 0.757. The third kappa shape index (κ3) is 7.16. The average molecular weight is 355 g/mol. The maximum Gasteiger partial charge on any atom is 0.389 e. The van der Waals surface area contributed by atoms with Gasteiger partial charge in [0.15, 0.2) is 0 Å². The molecule has 1 N–H and O–H groups in total. The standard InChI is InChI=1S/C8H12Br2F3NO/c1-7(4-9,5-10)14-6(15)2-3-8(11,12)13/h2-5H2,1H3,(H,14,15). The molecule has 7 heteroatoms. The van der Waals surface area contributed by atoms with Gasteiger partial charge in [-0.3, -0.25) is 4.79 Å². The minimum atomic E-state index is -4.28. The predicted molar refractivity (Wildman–Crippen MR) is 59.4 cm³/mol. The summed E-state index contributed by atoms with van der Waals surface area (Å²) >= 11 is 6.37. The number of hydrogen-bond donors (Lipinski definition) is 1. The Kier molecular flexibility index (Phi) is 6.17. The second-order valence-corrected chi connectivity index (χ2v) is 4.61. The largest absolute Gasteiger partial charge is 0.389 e. The van der Waals surface area contributed by atoms with Gasteiger partial charge in [-0.1, -0.05) is 31.9 Å². The molecule has 90 valence electrons. The molecule has 0 heterocycles. The van der Waals surface area contributed by atoms with E-state index in [1.807, 2.05) is 0 Å². The highest BCUT2D eigenvalue weighted by Gasteiger charge is 2.30. The van der Waals surface area contributed by atoms with Crippen molar-refractivity contribution in [1.29, 1.82) is 0 Å².